The molecular weight excluding hydrogens is 430 g/mol. The van der Waals surface area contributed by atoms with Crippen molar-refractivity contribution in [2.75, 3.05) is 6.54 Å². The smallest absolute Gasteiger partial charge is 0.222 e. The molecule has 1 aliphatic heterocycles. The molecule has 1 amide bonds. The molecule has 0 saturated carbocycles. The van der Waals surface area contributed by atoms with Crippen molar-refractivity contribution < 1.29 is 4.79 Å². The van der Waals surface area contributed by atoms with E-state index >= 15 is 0 Å². The lowest BCUT2D eigenvalue weighted by Crippen LogP contribution is -2.25. The van der Waals surface area contributed by atoms with Crippen LogP contribution in [0.2, 0.25) is 0 Å². The second kappa shape index (κ2) is 7.91. The second-order valence-corrected chi connectivity index (χ2v) is 8.04. The Bertz CT molecular complexity index is 1100. The van der Waals surface area contributed by atoms with Crippen molar-refractivity contribution in [2.45, 2.75) is 33.2 Å². The van der Waals surface area contributed by atoms with Crippen molar-refractivity contribution in [3.8, 4) is 5.69 Å². The average molecular weight is 452 g/mol. The molecule has 0 radical (unpaired) electrons. The number of benzene rings is 2. The fourth-order valence-corrected chi connectivity index (χ4v) is 3.89. The minimum atomic E-state index is -0.422. The van der Waals surface area contributed by atoms with E-state index in [1.165, 1.54) is 0 Å². The summed E-state index contributed by atoms with van der Waals surface area (Å²) >= 11 is 3.50. The molecule has 3 aromatic rings. The van der Waals surface area contributed by atoms with Crippen LogP contribution in [0.5, 0.6) is 0 Å². The molecule has 0 aliphatic carbocycles. The van der Waals surface area contributed by atoms with E-state index in [9.17, 15) is 4.79 Å². The van der Waals surface area contributed by atoms with Crippen molar-refractivity contribution in [3.05, 3.63) is 75.3 Å². The van der Waals surface area contributed by atoms with Crippen LogP contribution in [0.3, 0.4) is 0 Å². The van der Waals surface area contributed by atoms with Crippen LogP contribution < -0.4 is 5.32 Å². The van der Waals surface area contributed by atoms with Gasteiger partial charge in [0, 0.05) is 22.1 Å². The minimum Gasteiger partial charge on any atom is -0.356 e. The number of halogens is 1. The van der Waals surface area contributed by atoms with Gasteiger partial charge in [-0.2, -0.15) is 0 Å². The van der Waals surface area contributed by atoms with Gasteiger partial charge in [0.1, 0.15) is 11.9 Å². The topological polar surface area (TPSA) is 72.2 Å². The number of nitrogens with zero attached hydrogens (tertiary/aromatic N) is 4. The lowest BCUT2D eigenvalue weighted by atomic mass is 9.98. The van der Waals surface area contributed by atoms with Crippen molar-refractivity contribution in [3.63, 3.8) is 0 Å². The molecule has 0 bridgehead atoms. The number of amides is 1. The first kappa shape index (κ1) is 19.5. The van der Waals surface area contributed by atoms with Crippen LogP contribution in [0.25, 0.3) is 5.69 Å². The molecule has 6 nitrogen and oxygen atoms in total. The van der Waals surface area contributed by atoms with E-state index < -0.39 is 6.04 Å². The van der Waals surface area contributed by atoms with Crippen molar-refractivity contribution in [2.24, 2.45) is 4.99 Å². The zero-order chi connectivity index (χ0) is 20.5. The number of aliphatic imine (C=N–C) groups is 1. The van der Waals surface area contributed by atoms with Crippen molar-refractivity contribution >= 4 is 27.5 Å². The number of carbonyl (C=O) groups excluding carboxylic acids is 1. The lowest BCUT2D eigenvalue weighted by Gasteiger charge is -2.13. The van der Waals surface area contributed by atoms with Gasteiger partial charge in [0.05, 0.1) is 17.8 Å². The van der Waals surface area contributed by atoms with Crippen LogP contribution in [0, 0.1) is 13.8 Å². The van der Waals surface area contributed by atoms with Gasteiger partial charge in [-0.15, -0.1) is 10.2 Å². The summed E-state index contributed by atoms with van der Waals surface area (Å²) < 4.78 is 3.03. The maximum atomic E-state index is 12.4. The van der Waals surface area contributed by atoms with Crippen molar-refractivity contribution in [1.29, 1.82) is 0 Å². The van der Waals surface area contributed by atoms with Crippen molar-refractivity contribution in [1.82, 2.24) is 20.1 Å². The first-order valence-electron chi connectivity index (χ1n) is 9.61. The predicted molar refractivity (Wildman–Crippen MR) is 117 cm³/mol. The molecule has 4 rings (SSSR count). The van der Waals surface area contributed by atoms with Crippen LogP contribution in [0.1, 0.15) is 47.7 Å². The third-order valence-electron chi connectivity index (χ3n) is 4.95. The Labute approximate surface area is 178 Å². The number of fused-ring (bicyclic) bond motifs is 3. The van der Waals surface area contributed by atoms with Gasteiger partial charge in [-0.05, 0) is 45.0 Å². The van der Waals surface area contributed by atoms with E-state index in [1.807, 2.05) is 42.7 Å². The number of carbonyl (C=O) groups is 1. The maximum absolute atomic E-state index is 12.4. The molecule has 2 heterocycles. The molecular formula is C22H22BrN5O. The van der Waals surface area contributed by atoms with Gasteiger partial charge in [0.15, 0.2) is 5.82 Å². The highest BCUT2D eigenvalue weighted by Gasteiger charge is 2.29. The Hall–Kier alpha value is -2.80. The number of aryl methyl sites for hydroxylation is 2. The van der Waals surface area contributed by atoms with Crippen LogP contribution >= 0.6 is 15.9 Å². The quantitative estimate of drug-likeness (QED) is 0.649. The first-order chi connectivity index (χ1) is 14.0. The van der Waals surface area contributed by atoms with Crippen LogP contribution in [0.4, 0.5) is 0 Å². The van der Waals surface area contributed by atoms with Crippen LogP contribution in [-0.4, -0.2) is 32.9 Å². The highest BCUT2D eigenvalue weighted by Crippen LogP contribution is 2.33. The number of rotatable bonds is 4. The molecule has 0 unspecified atom stereocenters. The molecule has 1 N–H and O–H groups in total. The van der Waals surface area contributed by atoms with E-state index in [4.69, 9.17) is 4.99 Å². The summed E-state index contributed by atoms with van der Waals surface area (Å²) in [6.07, 6.45) is 0.221. The van der Waals surface area contributed by atoms with Gasteiger partial charge < -0.3 is 5.32 Å². The Kier molecular flexibility index (Phi) is 5.32. The third kappa shape index (κ3) is 3.74. The highest BCUT2D eigenvalue weighted by molar-refractivity contribution is 9.10. The normalized spacial score (nSPS) is 15.2. The molecule has 1 aromatic heterocycles. The van der Waals surface area contributed by atoms with Gasteiger partial charge in [0.25, 0.3) is 0 Å². The standard InChI is InChI=1S/C22H22BrN5O/c1-4-24-20(29)12-18-22-27-26-14(3)28(22)19-10-5-13(2)11-17(19)21(25-18)15-6-8-16(23)9-7-15/h5-11,18H,4,12H2,1-3H3,(H,24,29)/t18-/m0/s1. The lowest BCUT2D eigenvalue weighted by molar-refractivity contribution is -0.121. The first-order valence-corrected chi connectivity index (χ1v) is 10.4. The molecule has 1 aliphatic rings. The number of nitrogens with one attached hydrogen (secondary N) is 1. The summed E-state index contributed by atoms with van der Waals surface area (Å²) in [5.41, 5.74) is 4.98. The summed E-state index contributed by atoms with van der Waals surface area (Å²) in [5, 5.41) is 11.5. The van der Waals surface area contributed by atoms with E-state index in [0.29, 0.717) is 12.4 Å². The third-order valence-corrected chi connectivity index (χ3v) is 5.48. The van der Waals surface area contributed by atoms with Gasteiger partial charge in [-0.25, -0.2) is 0 Å². The van der Waals surface area contributed by atoms with Gasteiger partial charge >= 0.3 is 0 Å². The van der Waals surface area contributed by atoms with E-state index in [-0.39, 0.29) is 12.3 Å². The molecule has 7 heteroatoms. The van der Waals surface area contributed by atoms with Crippen LogP contribution in [0.15, 0.2) is 51.9 Å². The van der Waals surface area contributed by atoms with E-state index in [2.05, 4.69) is 56.6 Å². The molecule has 0 saturated heterocycles. The maximum Gasteiger partial charge on any atom is 0.222 e. The Morgan fingerprint density at radius 2 is 1.90 bits per heavy atom. The molecule has 0 fully saturated rings. The van der Waals surface area contributed by atoms with Crippen LogP contribution in [-0.2, 0) is 4.79 Å². The van der Waals surface area contributed by atoms with Gasteiger partial charge in [0.2, 0.25) is 5.91 Å². The minimum absolute atomic E-state index is 0.0502. The molecule has 29 heavy (non-hydrogen) atoms. The largest absolute Gasteiger partial charge is 0.356 e. The monoisotopic (exact) mass is 451 g/mol. The van der Waals surface area contributed by atoms with Gasteiger partial charge in [-0.3, -0.25) is 14.4 Å². The Morgan fingerprint density at radius 3 is 2.62 bits per heavy atom. The number of aromatic nitrogens is 3. The fourth-order valence-electron chi connectivity index (χ4n) is 3.63. The molecule has 2 aromatic carbocycles. The zero-order valence-electron chi connectivity index (χ0n) is 16.6. The Morgan fingerprint density at radius 1 is 1.14 bits per heavy atom. The van der Waals surface area contributed by atoms with E-state index in [1.54, 1.807) is 0 Å². The van der Waals surface area contributed by atoms with Gasteiger partial charge in [-0.1, -0.05) is 39.7 Å². The number of hydrogen-bond acceptors (Lipinski definition) is 4. The second-order valence-electron chi connectivity index (χ2n) is 7.12. The molecule has 148 valence electrons. The summed E-state index contributed by atoms with van der Waals surface area (Å²) in [7, 11) is 0. The summed E-state index contributed by atoms with van der Waals surface area (Å²) in [6.45, 7) is 6.48. The average Bonchev–Trinajstić information content (AvgIpc) is 3.01. The zero-order valence-corrected chi connectivity index (χ0v) is 18.2. The predicted octanol–water partition coefficient (Wildman–Crippen LogP) is 4.06. The molecule has 0 spiro atoms. The molecule has 1 atom stereocenters. The van der Waals surface area contributed by atoms with E-state index in [0.717, 1.165) is 38.4 Å². The fraction of sp³-hybridized carbons (Fsp3) is 0.273. The summed E-state index contributed by atoms with van der Waals surface area (Å²) in [4.78, 5) is 17.5. The highest BCUT2D eigenvalue weighted by atomic mass is 79.9. The summed E-state index contributed by atoms with van der Waals surface area (Å²) in [6, 6.07) is 13.9. The SMILES string of the molecule is CCNC(=O)C[C@@H]1N=C(c2ccc(Br)cc2)c2cc(C)ccc2-n2c(C)nnc21. The number of hydrogen-bond donors (Lipinski definition) is 1. The Balaban J connectivity index is 1.95. The summed E-state index contributed by atoms with van der Waals surface area (Å²) in [5.74, 6) is 1.41.